The first kappa shape index (κ1) is 17.0. The van der Waals surface area contributed by atoms with Crippen molar-refractivity contribution in [2.45, 2.75) is 13.5 Å². The number of fused-ring (bicyclic) bond motifs is 1. The number of nitrogens with zero attached hydrogens (tertiary/aromatic N) is 1. The Labute approximate surface area is 146 Å². The number of hydrogen-bond acceptors (Lipinski definition) is 3. The van der Waals surface area contributed by atoms with Crippen LogP contribution in [0.3, 0.4) is 0 Å². The van der Waals surface area contributed by atoms with E-state index < -0.39 is 0 Å². The average molecular weight is 341 g/mol. The predicted octanol–water partition coefficient (Wildman–Crippen LogP) is 3.66. The summed E-state index contributed by atoms with van der Waals surface area (Å²) in [6.07, 6.45) is 3.19. The SMILES string of the molecule is CCN(Cc1cccc2c1OCCO2)C(=O)/C=C/c1ccc(F)cc1. The van der Waals surface area contributed by atoms with Crippen LogP contribution in [-0.4, -0.2) is 30.6 Å². The maximum absolute atomic E-state index is 12.9. The Balaban J connectivity index is 1.72. The van der Waals surface area contributed by atoms with Gasteiger partial charge in [0.25, 0.3) is 0 Å². The fourth-order valence-electron chi connectivity index (χ4n) is 2.66. The van der Waals surface area contributed by atoms with Crippen LogP contribution < -0.4 is 9.47 Å². The van der Waals surface area contributed by atoms with Gasteiger partial charge in [-0.25, -0.2) is 4.39 Å². The van der Waals surface area contributed by atoms with E-state index in [1.165, 1.54) is 18.2 Å². The van der Waals surface area contributed by atoms with Crippen molar-refractivity contribution in [3.05, 3.63) is 65.5 Å². The van der Waals surface area contributed by atoms with Crippen molar-refractivity contribution in [1.29, 1.82) is 0 Å². The molecule has 1 heterocycles. The maximum Gasteiger partial charge on any atom is 0.246 e. The zero-order valence-electron chi connectivity index (χ0n) is 14.1. The molecule has 0 bridgehead atoms. The molecule has 130 valence electrons. The number of hydrogen-bond donors (Lipinski definition) is 0. The largest absolute Gasteiger partial charge is 0.486 e. The number of likely N-dealkylation sites (N-methyl/N-ethyl adjacent to an activating group) is 1. The molecule has 2 aromatic carbocycles. The molecule has 0 aromatic heterocycles. The molecule has 0 atom stereocenters. The van der Waals surface area contributed by atoms with Crippen molar-refractivity contribution in [2.75, 3.05) is 19.8 Å². The summed E-state index contributed by atoms with van der Waals surface area (Å²) in [5, 5.41) is 0. The molecule has 5 heteroatoms. The summed E-state index contributed by atoms with van der Waals surface area (Å²) in [5.41, 5.74) is 1.70. The Kier molecular flexibility index (Phi) is 5.33. The van der Waals surface area contributed by atoms with Crippen LogP contribution in [0.2, 0.25) is 0 Å². The summed E-state index contributed by atoms with van der Waals surface area (Å²) in [7, 11) is 0. The van der Waals surface area contributed by atoms with E-state index in [0.29, 0.717) is 37.8 Å². The third-order valence-electron chi connectivity index (χ3n) is 3.99. The summed E-state index contributed by atoms with van der Waals surface area (Å²) in [6, 6.07) is 11.7. The van der Waals surface area contributed by atoms with Crippen molar-refractivity contribution in [3.63, 3.8) is 0 Å². The van der Waals surface area contributed by atoms with E-state index in [1.54, 1.807) is 23.1 Å². The van der Waals surface area contributed by atoms with Crippen LogP contribution in [0.4, 0.5) is 4.39 Å². The van der Waals surface area contributed by atoms with E-state index in [4.69, 9.17) is 9.47 Å². The second-order valence-corrected chi connectivity index (χ2v) is 5.68. The smallest absolute Gasteiger partial charge is 0.246 e. The summed E-state index contributed by atoms with van der Waals surface area (Å²) < 4.78 is 24.2. The van der Waals surface area contributed by atoms with Crippen LogP contribution in [0.5, 0.6) is 11.5 Å². The molecule has 2 aromatic rings. The highest BCUT2D eigenvalue weighted by Crippen LogP contribution is 2.34. The topological polar surface area (TPSA) is 38.8 Å². The molecule has 0 spiro atoms. The first-order valence-electron chi connectivity index (χ1n) is 8.27. The fraction of sp³-hybridized carbons (Fsp3) is 0.250. The minimum absolute atomic E-state index is 0.110. The van der Waals surface area contributed by atoms with Gasteiger partial charge in [0.15, 0.2) is 11.5 Å². The van der Waals surface area contributed by atoms with Crippen LogP contribution in [0.15, 0.2) is 48.5 Å². The molecule has 3 rings (SSSR count). The lowest BCUT2D eigenvalue weighted by atomic mass is 10.1. The van der Waals surface area contributed by atoms with E-state index >= 15 is 0 Å². The number of carbonyl (C=O) groups is 1. The highest BCUT2D eigenvalue weighted by atomic mass is 19.1. The lowest BCUT2D eigenvalue weighted by molar-refractivity contribution is -0.126. The molecule has 25 heavy (non-hydrogen) atoms. The Morgan fingerprint density at radius 1 is 1.16 bits per heavy atom. The molecule has 0 saturated carbocycles. The second-order valence-electron chi connectivity index (χ2n) is 5.68. The summed E-state index contributed by atoms with van der Waals surface area (Å²) in [6.45, 7) is 3.98. The van der Waals surface area contributed by atoms with Gasteiger partial charge in [0.1, 0.15) is 19.0 Å². The van der Waals surface area contributed by atoms with Gasteiger partial charge < -0.3 is 14.4 Å². The molecule has 1 amide bonds. The molecule has 4 nitrogen and oxygen atoms in total. The lowest BCUT2D eigenvalue weighted by Crippen LogP contribution is -2.29. The lowest BCUT2D eigenvalue weighted by Gasteiger charge is -2.24. The number of para-hydroxylation sites is 1. The average Bonchev–Trinajstić information content (AvgIpc) is 2.65. The summed E-state index contributed by atoms with van der Waals surface area (Å²) in [5.74, 6) is 1.02. The Morgan fingerprint density at radius 3 is 2.68 bits per heavy atom. The van der Waals surface area contributed by atoms with Crippen LogP contribution in [-0.2, 0) is 11.3 Å². The van der Waals surface area contributed by atoms with Gasteiger partial charge >= 0.3 is 0 Å². The third-order valence-corrected chi connectivity index (χ3v) is 3.99. The van der Waals surface area contributed by atoms with Gasteiger partial charge in [-0.15, -0.1) is 0 Å². The van der Waals surface area contributed by atoms with Gasteiger partial charge in [-0.05, 0) is 36.8 Å². The van der Waals surface area contributed by atoms with E-state index in [1.807, 2.05) is 25.1 Å². The van der Waals surface area contributed by atoms with Crippen LogP contribution in [0.1, 0.15) is 18.1 Å². The van der Waals surface area contributed by atoms with Crippen LogP contribution in [0.25, 0.3) is 6.08 Å². The molecule has 0 saturated heterocycles. The number of rotatable bonds is 5. The molecule has 0 N–H and O–H groups in total. The molecule has 0 radical (unpaired) electrons. The molecule has 1 aliphatic rings. The first-order valence-corrected chi connectivity index (χ1v) is 8.27. The molecular formula is C20H20FNO3. The molecule has 0 aliphatic carbocycles. The van der Waals surface area contributed by atoms with E-state index in [0.717, 1.165) is 11.1 Å². The highest BCUT2D eigenvalue weighted by Gasteiger charge is 2.18. The Bertz CT molecular complexity index is 771. The highest BCUT2D eigenvalue weighted by molar-refractivity contribution is 5.91. The number of amides is 1. The molecule has 1 aliphatic heterocycles. The van der Waals surface area contributed by atoms with Gasteiger partial charge in [-0.2, -0.15) is 0 Å². The van der Waals surface area contributed by atoms with Crippen molar-refractivity contribution in [3.8, 4) is 11.5 Å². The molecular weight excluding hydrogens is 321 g/mol. The fourth-order valence-corrected chi connectivity index (χ4v) is 2.66. The third kappa shape index (κ3) is 4.18. The van der Waals surface area contributed by atoms with Gasteiger partial charge in [-0.1, -0.05) is 24.3 Å². The number of ether oxygens (including phenoxy) is 2. The summed E-state index contributed by atoms with van der Waals surface area (Å²) in [4.78, 5) is 14.2. The Morgan fingerprint density at radius 2 is 1.92 bits per heavy atom. The quantitative estimate of drug-likeness (QED) is 0.779. The maximum atomic E-state index is 12.9. The zero-order valence-corrected chi connectivity index (χ0v) is 14.1. The standard InChI is InChI=1S/C20H20FNO3/c1-2-22(19(23)11-8-15-6-9-17(21)10-7-15)14-16-4-3-5-18-20(16)25-13-12-24-18/h3-11H,2,12-14H2,1H3/b11-8+. The molecule has 0 fully saturated rings. The van der Waals surface area contributed by atoms with Gasteiger partial charge in [0.2, 0.25) is 5.91 Å². The van der Waals surface area contributed by atoms with E-state index in [9.17, 15) is 9.18 Å². The second kappa shape index (κ2) is 7.83. The number of halogens is 1. The minimum Gasteiger partial charge on any atom is -0.486 e. The predicted molar refractivity (Wildman–Crippen MR) is 94.0 cm³/mol. The van der Waals surface area contributed by atoms with Crippen LogP contribution in [0, 0.1) is 5.82 Å². The van der Waals surface area contributed by atoms with Gasteiger partial charge in [0, 0.05) is 24.7 Å². The number of carbonyl (C=O) groups excluding carboxylic acids is 1. The minimum atomic E-state index is -0.297. The van der Waals surface area contributed by atoms with Crippen LogP contribution >= 0.6 is 0 Å². The number of benzene rings is 2. The first-order chi connectivity index (χ1) is 12.2. The van der Waals surface area contributed by atoms with Crippen molar-refractivity contribution in [1.82, 2.24) is 4.90 Å². The van der Waals surface area contributed by atoms with Crippen molar-refractivity contribution < 1.29 is 18.7 Å². The normalized spacial score (nSPS) is 13.0. The monoisotopic (exact) mass is 341 g/mol. The molecule has 0 unspecified atom stereocenters. The van der Waals surface area contributed by atoms with Gasteiger partial charge in [0.05, 0.1) is 0 Å². The Hall–Kier alpha value is -2.82. The van der Waals surface area contributed by atoms with Gasteiger partial charge in [-0.3, -0.25) is 4.79 Å². The summed E-state index contributed by atoms with van der Waals surface area (Å²) >= 11 is 0. The van der Waals surface area contributed by atoms with Crippen molar-refractivity contribution in [2.24, 2.45) is 0 Å². The van der Waals surface area contributed by atoms with E-state index in [-0.39, 0.29) is 11.7 Å². The zero-order chi connectivity index (χ0) is 17.6. The van der Waals surface area contributed by atoms with Crippen molar-refractivity contribution >= 4 is 12.0 Å². The van der Waals surface area contributed by atoms with E-state index in [2.05, 4.69) is 0 Å².